The fourth-order valence-corrected chi connectivity index (χ4v) is 2.09. The fourth-order valence-electron chi connectivity index (χ4n) is 2.09. The number of nitrogens with two attached hydrogens (primary N) is 1. The first-order valence-electron chi connectivity index (χ1n) is 7.93. The van der Waals surface area contributed by atoms with E-state index in [0.29, 0.717) is 18.0 Å². The molecule has 0 atom stereocenters. The van der Waals surface area contributed by atoms with E-state index in [1.807, 2.05) is 39.0 Å². The smallest absolute Gasteiger partial charge is 0.226 e. The summed E-state index contributed by atoms with van der Waals surface area (Å²) in [6.45, 7) is 8.36. The quantitative estimate of drug-likeness (QED) is 0.543. The van der Waals surface area contributed by atoms with E-state index < -0.39 is 0 Å². The Hall–Kier alpha value is -1.75. The average Bonchev–Trinajstić information content (AvgIpc) is 2.47. The van der Waals surface area contributed by atoms with Crippen LogP contribution in [0, 0.1) is 5.92 Å². The van der Waals surface area contributed by atoms with Crippen LogP contribution in [-0.4, -0.2) is 32.7 Å². The van der Waals surface area contributed by atoms with Crippen molar-refractivity contribution in [2.75, 3.05) is 42.8 Å². The van der Waals surface area contributed by atoms with Crippen LogP contribution in [0.3, 0.4) is 0 Å². The number of nitrogen functional groups attached to an aromatic ring is 1. The predicted octanol–water partition coefficient (Wildman–Crippen LogP) is 3.12. The van der Waals surface area contributed by atoms with Crippen LogP contribution in [0.4, 0.5) is 17.1 Å². The molecule has 0 saturated carbocycles. The van der Waals surface area contributed by atoms with Gasteiger partial charge in [0.15, 0.2) is 0 Å². The van der Waals surface area contributed by atoms with Crippen LogP contribution in [0.1, 0.15) is 33.6 Å². The molecule has 0 radical (unpaired) electrons. The molecule has 0 saturated heterocycles. The molecular formula is C17H29N3O2. The molecule has 0 fully saturated rings. The number of nitrogens with zero attached hydrogens (tertiary/aromatic N) is 1. The highest BCUT2D eigenvalue weighted by molar-refractivity contribution is 5.94. The van der Waals surface area contributed by atoms with Crippen molar-refractivity contribution in [3.05, 3.63) is 18.2 Å². The van der Waals surface area contributed by atoms with Crippen LogP contribution < -0.4 is 16.0 Å². The molecule has 1 aromatic carbocycles. The van der Waals surface area contributed by atoms with Gasteiger partial charge >= 0.3 is 0 Å². The molecule has 0 heterocycles. The van der Waals surface area contributed by atoms with Gasteiger partial charge < -0.3 is 20.7 Å². The van der Waals surface area contributed by atoms with Gasteiger partial charge in [0.1, 0.15) is 0 Å². The summed E-state index contributed by atoms with van der Waals surface area (Å²) in [5.41, 5.74) is 8.44. The zero-order valence-electron chi connectivity index (χ0n) is 14.2. The van der Waals surface area contributed by atoms with E-state index in [0.717, 1.165) is 37.6 Å². The Labute approximate surface area is 133 Å². The van der Waals surface area contributed by atoms with Crippen molar-refractivity contribution in [2.45, 2.75) is 33.6 Å². The van der Waals surface area contributed by atoms with Gasteiger partial charge in [-0.2, -0.15) is 0 Å². The lowest BCUT2D eigenvalue weighted by Crippen LogP contribution is -2.27. The summed E-state index contributed by atoms with van der Waals surface area (Å²) in [5.74, 6) is 0.449. The van der Waals surface area contributed by atoms with Gasteiger partial charge in [-0.05, 0) is 37.5 Å². The summed E-state index contributed by atoms with van der Waals surface area (Å²) in [4.78, 5) is 13.7. The fraction of sp³-hybridized carbons (Fsp3) is 0.588. The van der Waals surface area contributed by atoms with Crippen molar-refractivity contribution in [1.29, 1.82) is 0 Å². The van der Waals surface area contributed by atoms with Gasteiger partial charge in [0, 0.05) is 38.9 Å². The van der Waals surface area contributed by atoms with E-state index in [1.165, 1.54) is 0 Å². The SMILES string of the molecule is CCOCCCNc1ccc(N(C)C(=O)CC(C)C)cc1N. The van der Waals surface area contributed by atoms with E-state index >= 15 is 0 Å². The topological polar surface area (TPSA) is 67.6 Å². The molecule has 5 heteroatoms. The van der Waals surface area contributed by atoms with Crippen LogP contribution in [0.25, 0.3) is 0 Å². The van der Waals surface area contributed by atoms with Gasteiger partial charge in [0.05, 0.1) is 11.4 Å². The minimum Gasteiger partial charge on any atom is -0.397 e. The summed E-state index contributed by atoms with van der Waals surface area (Å²) < 4.78 is 5.29. The maximum Gasteiger partial charge on any atom is 0.226 e. The molecule has 22 heavy (non-hydrogen) atoms. The lowest BCUT2D eigenvalue weighted by atomic mass is 10.1. The van der Waals surface area contributed by atoms with E-state index in [4.69, 9.17) is 10.5 Å². The maximum atomic E-state index is 12.1. The minimum atomic E-state index is 0.104. The van der Waals surface area contributed by atoms with Crippen LogP contribution in [0.5, 0.6) is 0 Å². The van der Waals surface area contributed by atoms with Crippen molar-refractivity contribution >= 4 is 23.0 Å². The van der Waals surface area contributed by atoms with Gasteiger partial charge in [-0.25, -0.2) is 0 Å². The molecule has 0 aliphatic carbocycles. The van der Waals surface area contributed by atoms with Gasteiger partial charge in [-0.15, -0.1) is 0 Å². The third kappa shape index (κ3) is 5.93. The zero-order valence-corrected chi connectivity index (χ0v) is 14.2. The highest BCUT2D eigenvalue weighted by Gasteiger charge is 2.13. The predicted molar refractivity (Wildman–Crippen MR) is 93.3 cm³/mol. The summed E-state index contributed by atoms with van der Waals surface area (Å²) in [5, 5.41) is 3.29. The monoisotopic (exact) mass is 307 g/mol. The van der Waals surface area contributed by atoms with E-state index in [9.17, 15) is 4.79 Å². The minimum absolute atomic E-state index is 0.104. The number of anilines is 3. The van der Waals surface area contributed by atoms with Gasteiger partial charge in [0.25, 0.3) is 0 Å². The molecule has 5 nitrogen and oxygen atoms in total. The first-order chi connectivity index (χ1) is 10.5. The first-order valence-corrected chi connectivity index (χ1v) is 7.93. The second kappa shape index (κ2) is 9.30. The molecule has 0 unspecified atom stereocenters. The van der Waals surface area contributed by atoms with Crippen molar-refractivity contribution in [3.8, 4) is 0 Å². The van der Waals surface area contributed by atoms with E-state index in [1.54, 1.807) is 11.9 Å². The molecule has 124 valence electrons. The molecule has 0 aliphatic heterocycles. The van der Waals surface area contributed by atoms with E-state index in [2.05, 4.69) is 5.32 Å². The normalized spacial score (nSPS) is 10.8. The van der Waals surface area contributed by atoms with Crippen molar-refractivity contribution in [2.24, 2.45) is 5.92 Å². The third-order valence-corrected chi connectivity index (χ3v) is 3.36. The van der Waals surface area contributed by atoms with Gasteiger partial charge in [-0.3, -0.25) is 4.79 Å². The Bertz CT molecular complexity index is 475. The number of carbonyl (C=O) groups is 1. The van der Waals surface area contributed by atoms with Crippen molar-refractivity contribution in [1.82, 2.24) is 0 Å². The Kier molecular flexibility index (Phi) is 7.74. The zero-order chi connectivity index (χ0) is 16.5. The molecule has 3 N–H and O–H groups in total. The molecule has 1 amide bonds. The molecule has 1 aromatic rings. The van der Waals surface area contributed by atoms with Crippen molar-refractivity contribution in [3.63, 3.8) is 0 Å². The lowest BCUT2D eigenvalue weighted by molar-refractivity contribution is -0.119. The maximum absolute atomic E-state index is 12.1. The Morgan fingerprint density at radius 2 is 2.14 bits per heavy atom. The molecule has 0 aromatic heterocycles. The second-order valence-electron chi connectivity index (χ2n) is 5.80. The summed E-state index contributed by atoms with van der Waals surface area (Å²) in [7, 11) is 1.79. The van der Waals surface area contributed by atoms with Gasteiger partial charge in [-0.1, -0.05) is 13.8 Å². The molecule has 0 spiro atoms. The van der Waals surface area contributed by atoms with Crippen LogP contribution in [0.2, 0.25) is 0 Å². The number of ether oxygens (including phenoxy) is 1. The Morgan fingerprint density at radius 3 is 2.73 bits per heavy atom. The summed E-state index contributed by atoms with van der Waals surface area (Å²) in [6, 6.07) is 5.67. The Balaban J connectivity index is 2.59. The molecule has 0 aliphatic rings. The highest BCUT2D eigenvalue weighted by atomic mass is 16.5. The van der Waals surface area contributed by atoms with E-state index in [-0.39, 0.29) is 5.91 Å². The summed E-state index contributed by atoms with van der Waals surface area (Å²) >= 11 is 0. The van der Waals surface area contributed by atoms with Crippen LogP contribution in [0.15, 0.2) is 18.2 Å². The molecule has 0 bridgehead atoms. The standard InChI is InChI=1S/C17H29N3O2/c1-5-22-10-6-9-19-16-8-7-14(12-15(16)18)20(4)17(21)11-13(2)3/h7-8,12-13,19H,5-6,9-11,18H2,1-4H3. The highest BCUT2D eigenvalue weighted by Crippen LogP contribution is 2.25. The number of nitrogens with one attached hydrogen (secondary N) is 1. The molecule has 1 rings (SSSR count). The average molecular weight is 307 g/mol. The number of amides is 1. The number of hydrogen-bond donors (Lipinski definition) is 2. The number of rotatable bonds is 9. The second-order valence-corrected chi connectivity index (χ2v) is 5.80. The number of benzene rings is 1. The number of hydrogen-bond acceptors (Lipinski definition) is 4. The number of carbonyl (C=O) groups excluding carboxylic acids is 1. The first kappa shape index (κ1) is 18.3. The largest absolute Gasteiger partial charge is 0.397 e. The molecular weight excluding hydrogens is 278 g/mol. The van der Waals surface area contributed by atoms with Crippen LogP contribution in [-0.2, 0) is 9.53 Å². The summed E-state index contributed by atoms with van der Waals surface area (Å²) in [6.07, 6.45) is 1.47. The lowest BCUT2D eigenvalue weighted by Gasteiger charge is -2.20. The van der Waals surface area contributed by atoms with Crippen molar-refractivity contribution < 1.29 is 9.53 Å². The third-order valence-electron chi connectivity index (χ3n) is 3.36. The van der Waals surface area contributed by atoms with Gasteiger partial charge in [0.2, 0.25) is 5.91 Å². The Morgan fingerprint density at radius 1 is 1.41 bits per heavy atom. The van der Waals surface area contributed by atoms with Crippen LogP contribution >= 0.6 is 0 Å².